The third kappa shape index (κ3) is 4.09. The molecule has 0 aliphatic heterocycles. The molecule has 0 bridgehead atoms. The lowest BCUT2D eigenvalue weighted by Gasteiger charge is -2.26. The van der Waals surface area contributed by atoms with Crippen LogP contribution in [-0.4, -0.2) is 27.3 Å². The molecule has 1 rings (SSSR count). The third-order valence-electron chi connectivity index (χ3n) is 2.82. The topological polar surface area (TPSA) is 59.0 Å². The van der Waals surface area contributed by atoms with E-state index in [1.165, 1.54) is 0 Å². The van der Waals surface area contributed by atoms with Crippen molar-refractivity contribution in [3.05, 3.63) is 12.3 Å². The summed E-state index contributed by atoms with van der Waals surface area (Å²) in [6.45, 7) is 7.91. The van der Waals surface area contributed by atoms with Gasteiger partial charge in [-0.15, -0.1) is 0 Å². The van der Waals surface area contributed by atoms with Crippen LogP contribution in [0.5, 0.6) is 0 Å². The van der Waals surface area contributed by atoms with E-state index in [1.807, 2.05) is 40.1 Å². The summed E-state index contributed by atoms with van der Waals surface area (Å²) in [5, 5.41) is 10.2. The number of nitrogens with one attached hydrogen (secondary N) is 2. The fourth-order valence-electron chi connectivity index (χ4n) is 1.31. The standard InChI is InChI=1S/C12H22N4O/c1-6-12(3,4)14-11(17)9(2)13-10-7-8-16(5)15-10/h7-9H,6H2,1-5H3,(H,13,15)(H,14,17). The zero-order valence-corrected chi connectivity index (χ0v) is 11.2. The molecule has 96 valence electrons. The van der Waals surface area contributed by atoms with E-state index in [4.69, 9.17) is 0 Å². The van der Waals surface area contributed by atoms with Crippen molar-refractivity contribution in [3.63, 3.8) is 0 Å². The number of amides is 1. The van der Waals surface area contributed by atoms with Gasteiger partial charge in [0.2, 0.25) is 5.91 Å². The van der Waals surface area contributed by atoms with E-state index in [9.17, 15) is 4.79 Å². The van der Waals surface area contributed by atoms with Crippen LogP contribution in [0.1, 0.15) is 34.1 Å². The highest BCUT2D eigenvalue weighted by atomic mass is 16.2. The number of anilines is 1. The molecule has 0 radical (unpaired) electrons. The maximum Gasteiger partial charge on any atom is 0.242 e. The molecule has 0 spiro atoms. The molecule has 5 heteroatoms. The molecule has 0 saturated carbocycles. The first-order valence-corrected chi connectivity index (χ1v) is 5.92. The molecule has 17 heavy (non-hydrogen) atoms. The SMILES string of the molecule is CCC(C)(C)NC(=O)C(C)Nc1ccn(C)n1. The summed E-state index contributed by atoms with van der Waals surface area (Å²) in [5.41, 5.74) is -0.170. The number of nitrogens with zero attached hydrogens (tertiary/aromatic N) is 2. The van der Waals surface area contributed by atoms with Gasteiger partial charge >= 0.3 is 0 Å². The van der Waals surface area contributed by atoms with Crippen LogP contribution in [0.4, 0.5) is 5.82 Å². The largest absolute Gasteiger partial charge is 0.357 e. The molecule has 0 saturated heterocycles. The first-order chi connectivity index (χ1) is 7.84. The molecule has 1 amide bonds. The molecule has 1 aromatic heterocycles. The highest BCUT2D eigenvalue weighted by Gasteiger charge is 2.21. The van der Waals surface area contributed by atoms with Crippen molar-refractivity contribution in [1.82, 2.24) is 15.1 Å². The average Bonchev–Trinajstić information content (AvgIpc) is 2.63. The number of rotatable bonds is 5. The van der Waals surface area contributed by atoms with Crippen molar-refractivity contribution in [2.75, 3.05) is 5.32 Å². The molecule has 1 aromatic rings. The third-order valence-corrected chi connectivity index (χ3v) is 2.82. The Labute approximate surface area is 103 Å². The first-order valence-electron chi connectivity index (χ1n) is 5.92. The van der Waals surface area contributed by atoms with Crippen molar-refractivity contribution in [1.29, 1.82) is 0 Å². The van der Waals surface area contributed by atoms with Crippen LogP contribution in [0.2, 0.25) is 0 Å². The van der Waals surface area contributed by atoms with Gasteiger partial charge in [-0.25, -0.2) is 0 Å². The normalized spacial score (nSPS) is 13.2. The van der Waals surface area contributed by atoms with Crippen LogP contribution in [0, 0.1) is 0 Å². The molecule has 0 aliphatic rings. The highest BCUT2D eigenvalue weighted by Crippen LogP contribution is 2.09. The lowest BCUT2D eigenvalue weighted by atomic mass is 10.0. The lowest BCUT2D eigenvalue weighted by Crippen LogP contribution is -2.48. The number of hydrogen-bond acceptors (Lipinski definition) is 3. The van der Waals surface area contributed by atoms with Gasteiger partial charge in [-0.05, 0) is 27.2 Å². The predicted molar refractivity (Wildman–Crippen MR) is 68.8 cm³/mol. The molecule has 1 heterocycles. The summed E-state index contributed by atoms with van der Waals surface area (Å²) >= 11 is 0. The van der Waals surface area contributed by atoms with Gasteiger partial charge in [-0.3, -0.25) is 9.48 Å². The minimum atomic E-state index is -0.296. The minimum Gasteiger partial charge on any atom is -0.357 e. The van der Waals surface area contributed by atoms with Gasteiger partial charge in [0.05, 0.1) is 0 Å². The second kappa shape index (κ2) is 5.21. The van der Waals surface area contributed by atoms with Gasteiger partial charge < -0.3 is 10.6 Å². The van der Waals surface area contributed by atoms with Gasteiger partial charge in [0.25, 0.3) is 0 Å². The van der Waals surface area contributed by atoms with E-state index in [1.54, 1.807) is 4.68 Å². The molecular weight excluding hydrogens is 216 g/mol. The molecule has 1 unspecified atom stereocenters. The van der Waals surface area contributed by atoms with Crippen LogP contribution >= 0.6 is 0 Å². The van der Waals surface area contributed by atoms with Crippen molar-refractivity contribution in [2.45, 2.75) is 45.7 Å². The summed E-state index contributed by atoms with van der Waals surface area (Å²) in [6.07, 6.45) is 2.73. The second-order valence-corrected chi connectivity index (χ2v) is 4.97. The van der Waals surface area contributed by atoms with Crippen molar-refractivity contribution >= 4 is 11.7 Å². The molecule has 5 nitrogen and oxygen atoms in total. The van der Waals surface area contributed by atoms with Crippen LogP contribution in [0.15, 0.2) is 12.3 Å². The first kappa shape index (κ1) is 13.5. The van der Waals surface area contributed by atoms with Gasteiger partial charge in [0.15, 0.2) is 0 Å². The molecule has 0 aromatic carbocycles. The Hall–Kier alpha value is -1.52. The Morgan fingerprint density at radius 1 is 1.59 bits per heavy atom. The van der Waals surface area contributed by atoms with Crippen molar-refractivity contribution < 1.29 is 4.79 Å². The molecule has 1 atom stereocenters. The molecular formula is C12H22N4O. The summed E-state index contributed by atoms with van der Waals surface area (Å²) < 4.78 is 1.70. The smallest absolute Gasteiger partial charge is 0.242 e. The Balaban J connectivity index is 2.53. The fourth-order valence-corrected chi connectivity index (χ4v) is 1.31. The maximum absolute atomic E-state index is 11.9. The number of aryl methyl sites for hydroxylation is 1. The van der Waals surface area contributed by atoms with E-state index < -0.39 is 0 Å². The highest BCUT2D eigenvalue weighted by molar-refractivity contribution is 5.84. The number of aromatic nitrogens is 2. The molecule has 2 N–H and O–H groups in total. The van der Waals surface area contributed by atoms with Gasteiger partial charge in [0, 0.05) is 24.8 Å². The number of carbonyl (C=O) groups excluding carboxylic acids is 1. The van der Waals surface area contributed by atoms with E-state index in [0.29, 0.717) is 5.82 Å². The Kier molecular flexibility index (Phi) is 4.15. The minimum absolute atomic E-state index is 0.0116. The zero-order valence-electron chi connectivity index (χ0n) is 11.2. The Morgan fingerprint density at radius 3 is 2.71 bits per heavy atom. The van der Waals surface area contributed by atoms with Crippen molar-refractivity contribution in [3.8, 4) is 0 Å². The van der Waals surface area contributed by atoms with Crippen molar-refractivity contribution in [2.24, 2.45) is 7.05 Å². The predicted octanol–water partition coefficient (Wildman–Crippen LogP) is 1.53. The van der Waals surface area contributed by atoms with E-state index in [0.717, 1.165) is 6.42 Å². The van der Waals surface area contributed by atoms with Gasteiger partial charge in [-0.1, -0.05) is 6.92 Å². The second-order valence-electron chi connectivity index (χ2n) is 4.97. The zero-order chi connectivity index (χ0) is 13.1. The number of carbonyl (C=O) groups is 1. The molecule has 0 aliphatic carbocycles. The summed E-state index contributed by atoms with van der Waals surface area (Å²) in [6, 6.07) is 1.55. The van der Waals surface area contributed by atoms with Gasteiger partial charge in [-0.2, -0.15) is 5.10 Å². The Bertz CT molecular complexity index is 384. The summed E-state index contributed by atoms with van der Waals surface area (Å²) in [4.78, 5) is 11.9. The van der Waals surface area contributed by atoms with E-state index in [-0.39, 0.29) is 17.5 Å². The van der Waals surface area contributed by atoms with Crippen LogP contribution in [-0.2, 0) is 11.8 Å². The monoisotopic (exact) mass is 238 g/mol. The van der Waals surface area contributed by atoms with Crippen LogP contribution in [0.3, 0.4) is 0 Å². The fraction of sp³-hybridized carbons (Fsp3) is 0.667. The van der Waals surface area contributed by atoms with Crippen LogP contribution in [0.25, 0.3) is 0 Å². The summed E-state index contributed by atoms with van der Waals surface area (Å²) in [7, 11) is 1.84. The Morgan fingerprint density at radius 2 is 2.24 bits per heavy atom. The quantitative estimate of drug-likeness (QED) is 0.817. The van der Waals surface area contributed by atoms with Crippen LogP contribution < -0.4 is 10.6 Å². The lowest BCUT2D eigenvalue weighted by molar-refractivity contribution is -0.123. The van der Waals surface area contributed by atoms with E-state index in [2.05, 4.69) is 22.7 Å². The molecule has 0 fully saturated rings. The maximum atomic E-state index is 11.9. The number of hydrogen-bond donors (Lipinski definition) is 2. The van der Waals surface area contributed by atoms with Gasteiger partial charge in [0.1, 0.15) is 11.9 Å². The van der Waals surface area contributed by atoms with E-state index >= 15 is 0 Å². The average molecular weight is 238 g/mol. The summed E-state index contributed by atoms with van der Waals surface area (Å²) in [5.74, 6) is 0.701.